The summed E-state index contributed by atoms with van der Waals surface area (Å²) in [7, 11) is 3.20. The molecule has 1 amide bonds. The summed E-state index contributed by atoms with van der Waals surface area (Å²) >= 11 is 3.45. The van der Waals surface area contributed by atoms with Crippen molar-refractivity contribution < 1.29 is 22.7 Å². The van der Waals surface area contributed by atoms with Gasteiger partial charge in [0, 0.05) is 25.0 Å². The fraction of sp³-hybridized carbons (Fsp3) is 0.222. The predicted molar refractivity (Wildman–Crippen MR) is 103 cm³/mol. The Labute approximate surface area is 166 Å². The third-order valence-electron chi connectivity index (χ3n) is 4.19. The molecular formula is C18H16BrF3N4O2. The Kier molecular flexibility index (Phi) is 5.24. The van der Waals surface area contributed by atoms with Crippen molar-refractivity contribution in [3.05, 3.63) is 40.6 Å². The molecule has 0 unspecified atom stereocenters. The molecule has 10 heteroatoms. The van der Waals surface area contributed by atoms with Crippen LogP contribution in [0.25, 0.3) is 22.0 Å². The van der Waals surface area contributed by atoms with Crippen LogP contribution in [0, 0.1) is 0 Å². The molecule has 0 aliphatic rings. The number of pyridine rings is 1. The SMILES string of the molecule is COc1cc(-c2cn(C)c3c(Br)cnc(N)c23)ccc1C(=O)NCC(F)(F)F. The first-order chi connectivity index (χ1) is 13.1. The highest BCUT2D eigenvalue weighted by molar-refractivity contribution is 9.10. The zero-order valence-electron chi connectivity index (χ0n) is 14.9. The van der Waals surface area contributed by atoms with Gasteiger partial charge in [-0.2, -0.15) is 13.2 Å². The molecule has 3 rings (SSSR count). The highest BCUT2D eigenvalue weighted by Gasteiger charge is 2.28. The van der Waals surface area contributed by atoms with Crippen molar-refractivity contribution in [2.24, 2.45) is 7.05 Å². The number of nitrogens with one attached hydrogen (secondary N) is 1. The number of halogens is 4. The van der Waals surface area contributed by atoms with Crippen LogP contribution in [-0.4, -0.2) is 35.3 Å². The smallest absolute Gasteiger partial charge is 0.405 e. The molecule has 0 bridgehead atoms. The van der Waals surface area contributed by atoms with Gasteiger partial charge in [-0.05, 0) is 33.6 Å². The van der Waals surface area contributed by atoms with Gasteiger partial charge < -0.3 is 20.4 Å². The Balaban J connectivity index is 2.05. The number of anilines is 1. The number of amides is 1. The van der Waals surface area contributed by atoms with Gasteiger partial charge >= 0.3 is 6.18 Å². The molecule has 0 aliphatic heterocycles. The Hall–Kier alpha value is -2.75. The van der Waals surface area contributed by atoms with E-state index < -0.39 is 18.6 Å². The molecule has 3 N–H and O–H groups in total. The number of nitrogen functional groups attached to an aromatic ring is 1. The number of benzene rings is 1. The maximum atomic E-state index is 12.4. The zero-order valence-corrected chi connectivity index (χ0v) is 16.5. The maximum absolute atomic E-state index is 12.4. The number of nitrogens with two attached hydrogens (primary N) is 1. The lowest BCUT2D eigenvalue weighted by Gasteiger charge is -2.12. The van der Waals surface area contributed by atoms with E-state index in [1.54, 1.807) is 18.3 Å². The number of aromatic nitrogens is 2. The summed E-state index contributed by atoms with van der Waals surface area (Å²) in [6.07, 6.45) is -1.04. The minimum absolute atomic E-state index is 0.00279. The van der Waals surface area contributed by atoms with Crippen LogP contribution in [0.2, 0.25) is 0 Å². The molecule has 0 fully saturated rings. The number of hydrogen-bond donors (Lipinski definition) is 2. The van der Waals surface area contributed by atoms with Crippen LogP contribution in [-0.2, 0) is 7.05 Å². The van der Waals surface area contributed by atoms with Crippen molar-refractivity contribution in [1.29, 1.82) is 0 Å². The number of fused-ring (bicyclic) bond motifs is 1. The van der Waals surface area contributed by atoms with E-state index in [4.69, 9.17) is 10.5 Å². The van der Waals surface area contributed by atoms with E-state index in [-0.39, 0.29) is 11.3 Å². The van der Waals surface area contributed by atoms with Crippen LogP contribution >= 0.6 is 15.9 Å². The summed E-state index contributed by atoms with van der Waals surface area (Å²) in [5, 5.41) is 2.55. The molecule has 28 heavy (non-hydrogen) atoms. The highest BCUT2D eigenvalue weighted by Crippen LogP contribution is 2.38. The van der Waals surface area contributed by atoms with Gasteiger partial charge in [-0.25, -0.2) is 4.98 Å². The molecule has 2 aromatic heterocycles. The second kappa shape index (κ2) is 7.34. The largest absolute Gasteiger partial charge is 0.496 e. The monoisotopic (exact) mass is 456 g/mol. The van der Waals surface area contributed by atoms with Crippen LogP contribution in [0.4, 0.5) is 19.0 Å². The summed E-state index contributed by atoms with van der Waals surface area (Å²) in [6.45, 7) is -1.42. The van der Waals surface area contributed by atoms with E-state index in [9.17, 15) is 18.0 Å². The lowest BCUT2D eigenvalue weighted by Crippen LogP contribution is -2.33. The number of alkyl halides is 3. The van der Waals surface area contributed by atoms with Crippen LogP contribution < -0.4 is 15.8 Å². The first-order valence-corrected chi connectivity index (χ1v) is 8.84. The Bertz CT molecular complexity index is 1060. The molecule has 0 radical (unpaired) electrons. The van der Waals surface area contributed by atoms with Gasteiger partial charge in [-0.3, -0.25) is 4.79 Å². The van der Waals surface area contributed by atoms with Gasteiger partial charge in [-0.1, -0.05) is 6.07 Å². The molecule has 0 atom stereocenters. The van der Waals surface area contributed by atoms with Crippen molar-refractivity contribution in [2.75, 3.05) is 19.4 Å². The van der Waals surface area contributed by atoms with Crippen molar-refractivity contribution >= 4 is 38.6 Å². The van der Waals surface area contributed by atoms with Crippen LogP contribution in [0.1, 0.15) is 10.4 Å². The average Bonchev–Trinajstić information content (AvgIpc) is 3.00. The van der Waals surface area contributed by atoms with Gasteiger partial charge in [0.2, 0.25) is 0 Å². The van der Waals surface area contributed by atoms with E-state index in [0.717, 1.165) is 15.6 Å². The Morgan fingerprint density at radius 2 is 2.11 bits per heavy atom. The van der Waals surface area contributed by atoms with Crippen molar-refractivity contribution in [1.82, 2.24) is 14.9 Å². The fourth-order valence-corrected chi connectivity index (χ4v) is 3.55. The summed E-state index contributed by atoms with van der Waals surface area (Å²) in [5.41, 5.74) is 8.34. The second-order valence-corrected chi connectivity index (χ2v) is 6.94. The highest BCUT2D eigenvalue weighted by atomic mass is 79.9. The lowest BCUT2D eigenvalue weighted by atomic mass is 10.0. The standard InChI is InChI=1S/C18H16BrF3N4O2/c1-26-7-11(14-15(26)12(19)6-24-16(14)23)9-3-4-10(13(5-9)28-2)17(27)25-8-18(20,21)22/h3-7H,8H2,1-2H3,(H2,23,24)(H,25,27). The molecule has 3 aromatic rings. The molecule has 1 aromatic carbocycles. The molecule has 0 saturated carbocycles. The summed E-state index contributed by atoms with van der Waals surface area (Å²) < 4.78 is 44.9. The summed E-state index contributed by atoms with van der Waals surface area (Å²) in [6, 6.07) is 4.62. The third kappa shape index (κ3) is 3.77. The van der Waals surface area contributed by atoms with E-state index in [0.29, 0.717) is 16.8 Å². The topological polar surface area (TPSA) is 82.2 Å². The zero-order chi connectivity index (χ0) is 20.6. The van der Waals surface area contributed by atoms with Crippen molar-refractivity contribution in [3.8, 4) is 16.9 Å². The molecule has 0 aliphatic carbocycles. The van der Waals surface area contributed by atoms with Gasteiger partial charge in [0.25, 0.3) is 5.91 Å². The van der Waals surface area contributed by atoms with Crippen molar-refractivity contribution in [3.63, 3.8) is 0 Å². The van der Waals surface area contributed by atoms with Crippen molar-refractivity contribution in [2.45, 2.75) is 6.18 Å². The van der Waals surface area contributed by atoms with E-state index >= 15 is 0 Å². The number of carbonyl (C=O) groups is 1. The number of methoxy groups -OCH3 is 1. The first-order valence-electron chi connectivity index (χ1n) is 8.04. The third-order valence-corrected chi connectivity index (χ3v) is 4.77. The predicted octanol–water partition coefficient (Wildman–Crippen LogP) is 3.89. The van der Waals surface area contributed by atoms with Gasteiger partial charge in [0.15, 0.2) is 0 Å². The molecular weight excluding hydrogens is 441 g/mol. The number of aryl methyl sites for hydroxylation is 1. The van der Waals surface area contributed by atoms with Crippen LogP contribution in [0.5, 0.6) is 5.75 Å². The minimum Gasteiger partial charge on any atom is -0.496 e. The van der Waals surface area contributed by atoms with E-state index in [2.05, 4.69) is 20.9 Å². The number of rotatable bonds is 4. The van der Waals surface area contributed by atoms with Gasteiger partial charge in [-0.15, -0.1) is 0 Å². The summed E-state index contributed by atoms with van der Waals surface area (Å²) in [4.78, 5) is 16.3. The number of hydrogen-bond acceptors (Lipinski definition) is 4. The Morgan fingerprint density at radius 1 is 1.39 bits per heavy atom. The van der Waals surface area contributed by atoms with Gasteiger partial charge in [0.05, 0.1) is 28.0 Å². The Morgan fingerprint density at radius 3 is 2.75 bits per heavy atom. The molecule has 148 valence electrons. The molecule has 2 heterocycles. The molecule has 0 spiro atoms. The number of carbonyl (C=O) groups excluding carboxylic acids is 1. The molecule has 0 saturated heterocycles. The lowest BCUT2D eigenvalue weighted by molar-refractivity contribution is -0.123. The van der Waals surface area contributed by atoms with Crippen LogP contribution in [0.15, 0.2) is 35.1 Å². The number of ether oxygens (including phenoxy) is 1. The molecule has 6 nitrogen and oxygen atoms in total. The van der Waals surface area contributed by atoms with E-state index in [1.807, 2.05) is 23.1 Å². The quantitative estimate of drug-likeness (QED) is 0.623. The normalized spacial score (nSPS) is 11.6. The number of nitrogens with zero attached hydrogens (tertiary/aromatic N) is 2. The van der Waals surface area contributed by atoms with Crippen LogP contribution in [0.3, 0.4) is 0 Å². The fourth-order valence-electron chi connectivity index (χ4n) is 2.97. The average molecular weight is 457 g/mol. The maximum Gasteiger partial charge on any atom is 0.405 e. The minimum atomic E-state index is -4.50. The first kappa shape index (κ1) is 20.0. The van der Waals surface area contributed by atoms with E-state index in [1.165, 1.54) is 13.2 Å². The van der Waals surface area contributed by atoms with Gasteiger partial charge in [0.1, 0.15) is 18.1 Å². The summed E-state index contributed by atoms with van der Waals surface area (Å²) in [5.74, 6) is -0.391. The second-order valence-electron chi connectivity index (χ2n) is 6.08.